The molecule has 1 unspecified atom stereocenters. The summed E-state index contributed by atoms with van der Waals surface area (Å²) < 4.78 is 12.2. The maximum Gasteiger partial charge on any atom is 0.340 e. The van der Waals surface area contributed by atoms with Crippen LogP contribution in [-0.2, 0) is 77.5 Å². The normalized spacial score (nSPS) is 20.1. The molecule has 116 heavy (non-hydrogen) atoms. The van der Waals surface area contributed by atoms with E-state index in [0.29, 0.717) is 66.6 Å². The number of hydrogen-bond donors (Lipinski definition) is 14. The van der Waals surface area contributed by atoms with E-state index in [1.165, 1.54) is 54.1 Å². The lowest BCUT2D eigenvalue weighted by atomic mass is 9.77. The number of aliphatic hydroxyl groups is 1. The van der Waals surface area contributed by atoms with Crippen molar-refractivity contribution >= 4 is 118 Å². The minimum atomic E-state index is -1.77. The van der Waals surface area contributed by atoms with Gasteiger partial charge in [0, 0.05) is 99.3 Å². The Kier molecular flexibility index (Phi) is 28.7. The third-order valence-electron chi connectivity index (χ3n) is 21.1. The number of anilines is 1. The molecule has 15 N–H and O–H groups in total. The zero-order chi connectivity index (χ0) is 83.8. The number of carbonyl (C=O) groups excluding carboxylic acids is 11. The fraction of sp³-hybridized carbons (Fsp3) is 0.468. The van der Waals surface area contributed by atoms with Gasteiger partial charge in [0.25, 0.3) is 0 Å². The number of nitrogens with zero attached hydrogens (tertiary/aromatic N) is 5. The number of aliphatic hydroxyl groups excluding tert-OH is 1. The number of aromatic hydroxyl groups is 2. The molecule has 6 aliphatic rings. The first-order valence-electron chi connectivity index (χ1n) is 38.4. The molecule has 37 heteroatoms. The lowest BCUT2D eigenvalue weighted by molar-refractivity contribution is -0.153. The number of carboxylic acids is 3. The number of thiocarbonyl (C=S) groups is 1. The molecule has 0 aromatic heterocycles. The number of aliphatic carboxylic acids is 3. The van der Waals surface area contributed by atoms with Crippen LogP contribution in [0.3, 0.4) is 0 Å². The number of phenolic OH excluding ortho intramolecular Hbond substituents is 2. The van der Waals surface area contributed by atoms with Gasteiger partial charge >= 0.3 is 23.9 Å². The van der Waals surface area contributed by atoms with Crippen molar-refractivity contribution in [1.82, 2.24) is 51.5 Å². The van der Waals surface area contributed by atoms with Gasteiger partial charge in [0.2, 0.25) is 59.1 Å². The summed E-state index contributed by atoms with van der Waals surface area (Å²) in [7, 11) is 0. The number of benzene rings is 4. The minimum absolute atomic E-state index is 0.0218. The van der Waals surface area contributed by atoms with Crippen LogP contribution >= 0.6 is 12.2 Å². The molecular weight excluding hydrogens is 1530 g/mol. The van der Waals surface area contributed by atoms with Crippen LogP contribution in [0, 0.1) is 0 Å². The number of fused-ring (bicyclic) bond motifs is 6. The summed E-state index contributed by atoms with van der Waals surface area (Å²) in [5.74, 6) is -13.0. The number of esters is 1. The molecule has 11 atom stereocenters. The van der Waals surface area contributed by atoms with Gasteiger partial charge in [0.1, 0.15) is 71.3 Å². The van der Waals surface area contributed by atoms with Crippen molar-refractivity contribution in [3.63, 3.8) is 0 Å². The highest BCUT2D eigenvalue weighted by molar-refractivity contribution is 7.80. The van der Waals surface area contributed by atoms with E-state index in [4.69, 9.17) is 32.3 Å². The molecule has 10 amide bonds. The number of amides is 10. The monoisotopic (exact) mass is 1630 g/mol. The number of likely N-dealkylation sites (tertiary alicyclic amines) is 4. The van der Waals surface area contributed by atoms with E-state index in [2.05, 4.69) is 42.4 Å². The van der Waals surface area contributed by atoms with Crippen LogP contribution in [0.5, 0.6) is 23.0 Å². The van der Waals surface area contributed by atoms with Crippen LogP contribution < -0.4 is 47.7 Å². The number of nitrogens with one attached hydrogen (secondary N) is 7. The molecule has 36 nitrogen and oxygen atoms in total. The van der Waals surface area contributed by atoms with Gasteiger partial charge in [-0.1, -0.05) is 41.6 Å². The Morgan fingerprint density at radius 3 is 1.84 bits per heavy atom. The summed E-state index contributed by atoms with van der Waals surface area (Å²) in [5, 5.41) is 83.4. The third-order valence-corrected chi connectivity index (χ3v) is 21.3. The number of unbranched alkanes of at least 4 members (excludes halogenated alkanes) is 1. The fourth-order valence-electron chi connectivity index (χ4n) is 15.3. The summed E-state index contributed by atoms with van der Waals surface area (Å²) in [4.78, 5) is 201. The van der Waals surface area contributed by atoms with Crippen LogP contribution in [0.1, 0.15) is 163 Å². The van der Waals surface area contributed by atoms with E-state index >= 15 is 4.79 Å². The quantitative estimate of drug-likeness (QED) is 0.0105. The van der Waals surface area contributed by atoms with E-state index in [1.54, 1.807) is 43.3 Å². The first kappa shape index (κ1) is 86.1. The molecule has 10 rings (SSSR count). The Balaban J connectivity index is 0.737. The number of primary amides is 1. The number of nitrogens with two attached hydrogens (primary N) is 1. The lowest BCUT2D eigenvalue weighted by Gasteiger charge is -2.39. The average molecular weight is 1630 g/mol. The highest BCUT2D eigenvalue weighted by Gasteiger charge is 2.55. The summed E-state index contributed by atoms with van der Waals surface area (Å²) in [6.45, 7) is 4.51. The van der Waals surface area contributed by atoms with Gasteiger partial charge in [0.15, 0.2) is 22.9 Å². The Labute approximate surface area is 671 Å². The lowest BCUT2D eigenvalue weighted by Crippen LogP contribution is -2.62. The zero-order valence-electron chi connectivity index (χ0n) is 64.0. The van der Waals surface area contributed by atoms with Gasteiger partial charge in [-0.05, 0) is 164 Å². The van der Waals surface area contributed by atoms with Crippen molar-refractivity contribution in [2.24, 2.45) is 10.9 Å². The molecule has 0 bridgehead atoms. The molecule has 4 aromatic carbocycles. The summed E-state index contributed by atoms with van der Waals surface area (Å²) in [6, 6.07) is 9.79. The van der Waals surface area contributed by atoms with Crippen LogP contribution in [0.15, 0.2) is 95.7 Å². The predicted molar refractivity (Wildman–Crippen MR) is 415 cm³/mol. The molecule has 1 spiro atoms. The molecule has 6 aliphatic heterocycles. The van der Waals surface area contributed by atoms with E-state index in [0.717, 1.165) is 15.4 Å². The van der Waals surface area contributed by atoms with Crippen LogP contribution in [-0.4, -0.2) is 244 Å². The van der Waals surface area contributed by atoms with E-state index in [-0.39, 0.29) is 104 Å². The zero-order valence-corrected chi connectivity index (χ0v) is 64.8. The number of piperidine rings is 1. The molecule has 0 saturated carbocycles. The first-order chi connectivity index (χ1) is 55.3. The maximum atomic E-state index is 15.1. The number of allylic oxidation sites excluding steroid dienone is 1. The van der Waals surface area contributed by atoms with Gasteiger partial charge in [-0.2, -0.15) is 0 Å². The summed E-state index contributed by atoms with van der Waals surface area (Å²) >= 11 is 5.64. The van der Waals surface area contributed by atoms with E-state index in [1.807, 2.05) is 30.3 Å². The third kappa shape index (κ3) is 20.8. The van der Waals surface area contributed by atoms with E-state index in [9.17, 15) is 93.0 Å². The van der Waals surface area contributed by atoms with Gasteiger partial charge in [-0.15, -0.1) is 0 Å². The summed E-state index contributed by atoms with van der Waals surface area (Å²) in [6.07, 6.45) is -0.391. The minimum Gasteiger partial charge on any atom is -0.508 e. The standard InChI is InChI=1S/C79H95N13O23S/c1-42(37-45-13-5-4-6-14-45)41-82-115-59-31-36-92(67(59)73(108)86-54(26-29-64(99)100)69(104)85-53(68(80)103)25-28-63(97)98)76(111)58-15-8-10-33-91(58)74(109)43(2)83-72(107)66(44(3)93)88-71(106)57-17-12-35-90(57)75(110)55(27-30-65(101)102)87-70(105)56-16-11-34-89(56)62(96)18-7-9-32-81-78(116)84-46-19-22-49-52(38-46)79(114-77(49)112)50-23-20-47(94)39-60(50)113-61-40-48(95)21-24-51(61)79/h4-6,13-14,19-24,37-41,43-44,53-59,66-67,93-95H,7-12,15-18,25-36H2,1-3H3,(H2,80,103)(H,83,107)(H,85,104)(H,86,108)(H,87,105)(H,88,106)(H,97,98)(H,99,100)(H,101,102)(H2,81,84,116)/b42-37+,82-41-/t43-,44+,53-,54-,55-,56-,57-,58?,59-,66-,67-/m0/s1. The second-order valence-corrected chi connectivity index (χ2v) is 29.8. The molecule has 0 radical (unpaired) electrons. The van der Waals surface area contributed by atoms with Gasteiger partial charge in [-0.25, -0.2) is 4.79 Å². The molecular formula is C79H95N13O23S. The number of oxime groups is 1. The molecule has 4 saturated heterocycles. The van der Waals surface area contributed by atoms with Crippen LogP contribution in [0.4, 0.5) is 5.69 Å². The van der Waals surface area contributed by atoms with Crippen LogP contribution in [0.25, 0.3) is 6.08 Å². The summed E-state index contributed by atoms with van der Waals surface area (Å²) in [5.41, 5.74) is 7.48. The smallest absolute Gasteiger partial charge is 0.340 e. The molecule has 4 aromatic rings. The average Bonchev–Trinajstić information content (AvgIpc) is 1.50. The number of hydrogen-bond acceptors (Lipinski definition) is 22. The number of carbonyl (C=O) groups is 14. The molecule has 620 valence electrons. The molecule has 4 fully saturated rings. The SMILES string of the molecule is CC(/C=N\O[C@H]1CCN(C(=O)C2CCCCN2C(=O)[C@H](C)NC(=O)[C@@H](NC(=O)[C@@H]2CCCN2C(=O)[C@H](CCC(=O)O)NC(=O)[C@@H]2CCCN2C(=O)CCCCNC(=S)Nc2ccc3c(c2)C2(OC3=O)c3ccc(O)cc3Oc3cc(O)ccc32)[C@@H](C)O)[C@@H]1C(=O)N[C@@H](CCC(=O)O)C(=O)N[C@@H](CCC(=O)O)C(N)=O)=C\c1ccccc1. The van der Waals surface area contributed by atoms with Crippen molar-refractivity contribution in [2.75, 3.05) is 38.0 Å². The Bertz CT molecular complexity index is 4470. The number of carboxylic acid groups (broad SMARTS) is 3. The largest absolute Gasteiger partial charge is 0.508 e. The predicted octanol–water partition coefficient (Wildman–Crippen LogP) is 2.47. The first-order valence-corrected chi connectivity index (χ1v) is 38.8. The van der Waals surface area contributed by atoms with Gasteiger partial charge < -0.3 is 108 Å². The second-order valence-electron chi connectivity index (χ2n) is 29.4. The van der Waals surface area contributed by atoms with Gasteiger partial charge in [0.05, 0.1) is 17.9 Å². The van der Waals surface area contributed by atoms with Crippen molar-refractivity contribution in [1.29, 1.82) is 0 Å². The van der Waals surface area contributed by atoms with Crippen molar-refractivity contribution in [2.45, 2.75) is 202 Å². The van der Waals surface area contributed by atoms with Crippen molar-refractivity contribution in [3.8, 4) is 23.0 Å². The van der Waals surface area contributed by atoms with Gasteiger partial charge in [-0.3, -0.25) is 62.3 Å². The Morgan fingerprint density at radius 2 is 1.21 bits per heavy atom. The topological polar surface area (TPSA) is 524 Å². The highest BCUT2D eigenvalue weighted by atomic mass is 32.1. The van der Waals surface area contributed by atoms with Crippen molar-refractivity contribution in [3.05, 3.63) is 118 Å². The number of rotatable bonds is 34. The number of ether oxygens (including phenoxy) is 2. The second kappa shape index (κ2) is 38.7. The Hall–Kier alpha value is -12.3. The molecule has 6 heterocycles. The highest BCUT2D eigenvalue weighted by Crippen LogP contribution is 2.57. The maximum absolute atomic E-state index is 15.1. The fourth-order valence-corrected chi connectivity index (χ4v) is 15.6. The number of phenols is 2. The molecule has 0 aliphatic carbocycles. The Morgan fingerprint density at radius 1 is 0.621 bits per heavy atom. The van der Waals surface area contributed by atoms with Crippen LogP contribution in [0.2, 0.25) is 0 Å². The van der Waals surface area contributed by atoms with Crippen molar-refractivity contribution < 1.29 is 112 Å². The van der Waals surface area contributed by atoms with E-state index < -0.39 is 188 Å².